The monoisotopic (exact) mass is 861 g/mol. The van der Waals surface area contributed by atoms with Crippen molar-refractivity contribution in [1.82, 2.24) is 15.3 Å². The number of para-hydroxylation sites is 3. The van der Waals surface area contributed by atoms with Gasteiger partial charge in [-0.05, 0) is 68.8 Å². The number of aromatic carboxylic acids is 1. The van der Waals surface area contributed by atoms with Gasteiger partial charge >= 0.3 is 0 Å². The standard InChI is InChI=1S/C9H7NO.C7H7NO.C7H6O2.C6H5NO2.C5H9NO2.C5H12O4.C5H12O2/c11-8-5-1-3-7-4-2-6-10-9(7)8;2*8-5-6-3-1-2-4-7(6)9;8-6(9)5-3-1-2-4-7-5;7-5(8)4-2-1-3-6-4;1-8-4(6)3-5(7)9-2;1-4(6)3-5(2)7/h1-6,11H;1-5,8-9H;1-5,9H;1-4H,(H,8,9);4,6H,1-3H2,(H,7,8);4-7H,3H2,1-2H3;4-7H,3H2,1-2H3/p-5. The summed E-state index contributed by atoms with van der Waals surface area (Å²) < 4.78 is 8.88. The predicted molar refractivity (Wildman–Crippen MR) is 219 cm³/mol. The van der Waals surface area contributed by atoms with Gasteiger partial charge in [0.2, 0.25) is 0 Å². The molecule has 1 aliphatic heterocycles. The first-order chi connectivity index (χ1) is 29.5. The Balaban J connectivity index is 0.000000703. The summed E-state index contributed by atoms with van der Waals surface area (Å²) in [6.45, 7) is 4.14. The number of rotatable bonds is 10. The number of aliphatic hydroxyl groups excluding tert-OH is 4. The second-order valence-electron chi connectivity index (χ2n) is 12.7. The van der Waals surface area contributed by atoms with E-state index in [4.69, 9.17) is 25.8 Å². The molecule has 3 aromatic carbocycles. The van der Waals surface area contributed by atoms with Gasteiger partial charge in [0.25, 0.3) is 0 Å². The second kappa shape index (κ2) is 33.4. The number of nitrogens with one attached hydrogen (secondary N) is 2. The van der Waals surface area contributed by atoms with Crippen LogP contribution in [0.1, 0.15) is 65.9 Å². The molecular formula is C44H53N4O14-5. The van der Waals surface area contributed by atoms with Crippen LogP contribution >= 0.6 is 0 Å². The lowest BCUT2D eigenvalue weighted by Gasteiger charge is -2.11. The van der Waals surface area contributed by atoms with Crippen LogP contribution in [0.2, 0.25) is 0 Å². The van der Waals surface area contributed by atoms with Crippen LogP contribution in [0.5, 0.6) is 17.2 Å². The molecule has 0 aliphatic carbocycles. The number of aliphatic carboxylic acids is 1. The first-order valence-corrected chi connectivity index (χ1v) is 18.8. The van der Waals surface area contributed by atoms with E-state index in [9.17, 15) is 39.9 Å². The van der Waals surface area contributed by atoms with Crippen LogP contribution in [0.4, 0.5) is 0 Å². The van der Waals surface area contributed by atoms with Crippen molar-refractivity contribution in [2.45, 2.75) is 70.4 Å². The number of carboxylic acids is 2. The van der Waals surface area contributed by atoms with Crippen molar-refractivity contribution in [3.05, 3.63) is 126 Å². The van der Waals surface area contributed by atoms with Crippen molar-refractivity contribution in [1.29, 1.82) is 5.41 Å². The summed E-state index contributed by atoms with van der Waals surface area (Å²) >= 11 is 0. The number of methoxy groups -OCH3 is 2. The molecule has 0 saturated carbocycles. The van der Waals surface area contributed by atoms with Gasteiger partial charge in [0, 0.05) is 50.9 Å². The third kappa shape index (κ3) is 26.0. The van der Waals surface area contributed by atoms with Crippen molar-refractivity contribution < 1.29 is 69.8 Å². The lowest BCUT2D eigenvalue weighted by atomic mass is 10.2. The lowest BCUT2D eigenvalue weighted by Crippen LogP contribution is -2.41. The first kappa shape index (κ1) is 55.6. The van der Waals surface area contributed by atoms with Gasteiger partial charge in [-0.3, -0.25) is 14.8 Å². The van der Waals surface area contributed by atoms with Crippen molar-refractivity contribution in [3.63, 3.8) is 0 Å². The fourth-order valence-corrected chi connectivity index (χ4v) is 4.48. The molecule has 1 fully saturated rings. The first-order valence-electron chi connectivity index (χ1n) is 18.8. The summed E-state index contributed by atoms with van der Waals surface area (Å²) in [5.74, 6) is -2.53. The molecule has 0 spiro atoms. The Morgan fingerprint density at radius 3 is 1.60 bits per heavy atom. The van der Waals surface area contributed by atoms with E-state index in [1.807, 2.05) is 18.2 Å². The van der Waals surface area contributed by atoms with Crippen LogP contribution in [0.25, 0.3) is 10.9 Å². The van der Waals surface area contributed by atoms with Crippen molar-refractivity contribution >= 4 is 35.3 Å². The van der Waals surface area contributed by atoms with Crippen LogP contribution in [0.15, 0.2) is 109 Å². The molecule has 5 unspecified atom stereocenters. The zero-order chi connectivity index (χ0) is 46.9. The number of aliphatic hydroxyl groups is 4. The Bertz CT molecular complexity index is 1910. The highest BCUT2D eigenvalue weighted by atomic mass is 16.6. The molecule has 1 saturated heterocycles. The van der Waals surface area contributed by atoms with Crippen molar-refractivity contribution in [2.24, 2.45) is 0 Å². The fraction of sp³-hybridized carbons (Fsp3) is 0.318. The number of nitrogens with zero attached hydrogens (tertiary/aromatic N) is 2. The van der Waals surface area contributed by atoms with Crippen LogP contribution in [0, 0.1) is 5.41 Å². The number of hydrogen-bond acceptors (Lipinski definition) is 18. The van der Waals surface area contributed by atoms with E-state index in [-0.39, 0.29) is 53.2 Å². The number of aldehydes is 1. The van der Waals surface area contributed by atoms with Gasteiger partial charge < -0.3 is 75.7 Å². The minimum absolute atomic E-state index is 0.0110. The van der Waals surface area contributed by atoms with Gasteiger partial charge in [-0.25, -0.2) is 0 Å². The Labute approximate surface area is 359 Å². The summed E-state index contributed by atoms with van der Waals surface area (Å²) in [5, 5.41) is 97.5. The number of benzene rings is 3. The van der Waals surface area contributed by atoms with Crippen molar-refractivity contribution in [2.75, 3.05) is 20.8 Å². The molecule has 338 valence electrons. The molecule has 6 rings (SSSR count). The molecule has 1 aliphatic rings. The lowest BCUT2D eigenvalue weighted by molar-refractivity contribution is -0.308. The summed E-state index contributed by atoms with van der Waals surface area (Å²) in [7, 11) is 2.71. The van der Waals surface area contributed by atoms with Gasteiger partial charge in [-0.2, -0.15) is 0 Å². The normalized spacial score (nSPS) is 14.0. The third-order valence-electron chi connectivity index (χ3n) is 7.56. The van der Waals surface area contributed by atoms with Crippen molar-refractivity contribution in [3.8, 4) is 17.2 Å². The molecule has 0 bridgehead atoms. The summed E-state index contributed by atoms with van der Waals surface area (Å²) in [6, 6.07) is 25.7. The average Bonchev–Trinajstić information content (AvgIpc) is 3.82. The smallest absolute Gasteiger partial charge is 0.158 e. The molecule has 0 radical (unpaired) electrons. The quantitative estimate of drug-likeness (QED) is 0.0612. The van der Waals surface area contributed by atoms with E-state index >= 15 is 0 Å². The molecule has 18 heteroatoms. The van der Waals surface area contributed by atoms with E-state index in [1.165, 1.54) is 50.7 Å². The number of ether oxygens (including phenoxy) is 2. The molecule has 3 heterocycles. The van der Waals surface area contributed by atoms with Crippen LogP contribution in [-0.2, 0) is 14.3 Å². The van der Waals surface area contributed by atoms with Gasteiger partial charge in [0.15, 0.2) is 12.6 Å². The molecule has 18 nitrogen and oxygen atoms in total. The molecule has 5 atom stereocenters. The topological polar surface area (TPSA) is 328 Å². The van der Waals surface area contributed by atoms with E-state index in [0.717, 1.165) is 31.0 Å². The van der Waals surface area contributed by atoms with Crippen LogP contribution in [-0.4, -0.2) is 106 Å². The summed E-state index contributed by atoms with van der Waals surface area (Å²) in [6.07, 6.45) is 4.24. The number of hydrogen-bond donors (Lipinski definition) is 6. The largest absolute Gasteiger partial charge is 0.872 e. The van der Waals surface area contributed by atoms with E-state index in [0.29, 0.717) is 23.8 Å². The van der Waals surface area contributed by atoms with Gasteiger partial charge in [-0.1, -0.05) is 90.4 Å². The van der Waals surface area contributed by atoms with E-state index in [1.54, 1.807) is 68.6 Å². The number of aromatic nitrogens is 2. The van der Waals surface area contributed by atoms with Gasteiger partial charge in [-0.15, -0.1) is 5.75 Å². The van der Waals surface area contributed by atoms with Crippen LogP contribution < -0.4 is 30.8 Å². The molecule has 6 N–H and O–H groups in total. The Kier molecular flexibility index (Phi) is 29.9. The van der Waals surface area contributed by atoms with Gasteiger partial charge in [0.1, 0.15) is 6.29 Å². The van der Waals surface area contributed by atoms with E-state index in [2.05, 4.69) is 24.8 Å². The summed E-state index contributed by atoms with van der Waals surface area (Å²) in [4.78, 5) is 37.6. The number of carbonyl (C=O) groups excluding carboxylic acids is 3. The number of fused-ring (bicyclic) bond motifs is 1. The maximum Gasteiger partial charge on any atom is 0.158 e. The highest BCUT2D eigenvalue weighted by molar-refractivity contribution is 5.84. The molecular weight excluding hydrogens is 808 g/mol. The number of pyridine rings is 2. The van der Waals surface area contributed by atoms with Gasteiger partial charge in [0.05, 0.1) is 35.4 Å². The zero-order valence-electron chi connectivity index (χ0n) is 34.7. The highest BCUT2D eigenvalue weighted by Crippen LogP contribution is 2.18. The maximum absolute atomic E-state index is 11.1. The molecule has 2 aromatic heterocycles. The Morgan fingerprint density at radius 2 is 1.26 bits per heavy atom. The van der Waals surface area contributed by atoms with Crippen LogP contribution in [0.3, 0.4) is 0 Å². The number of carboxylic acid groups (broad SMARTS) is 2. The summed E-state index contributed by atoms with van der Waals surface area (Å²) in [5.41, 5.74) is 1.18. The third-order valence-corrected chi connectivity index (χ3v) is 7.56. The minimum atomic E-state index is -1.24. The highest BCUT2D eigenvalue weighted by Gasteiger charge is 2.13. The van der Waals surface area contributed by atoms with E-state index < -0.39 is 24.5 Å². The fourth-order valence-electron chi connectivity index (χ4n) is 4.48. The SMILES string of the molecule is CC(O)CC(C)O.COC(O)CC(O)OC.N=Cc1ccccc1[O-].O=C([O-])C1CCCN1.O=C([O-])c1ccccn1.O=Cc1ccccc1[O-].[O-]c1cccc2cccnc12. The molecule has 5 aromatic rings. The minimum Gasteiger partial charge on any atom is -0.872 e. The Hall–Kier alpha value is -6.38. The predicted octanol–water partition coefficient (Wildman–Crippen LogP) is 0.0166. The molecule has 62 heavy (non-hydrogen) atoms. The average molecular weight is 862 g/mol. The Morgan fingerprint density at radius 1 is 0.742 bits per heavy atom. The zero-order valence-corrected chi connectivity index (χ0v) is 34.7. The second-order valence-corrected chi connectivity index (χ2v) is 12.7. The maximum atomic E-state index is 11.1. The number of carbonyl (C=O) groups is 3. The molecule has 0 amide bonds.